The zero-order valence-corrected chi connectivity index (χ0v) is 60.5. The van der Waals surface area contributed by atoms with Crippen molar-refractivity contribution in [3.8, 4) is 0 Å². The Hall–Kier alpha value is -5.74. The van der Waals surface area contributed by atoms with Gasteiger partial charge in [-0.1, -0.05) is 139 Å². The van der Waals surface area contributed by atoms with Gasteiger partial charge >= 0.3 is 11.9 Å². The van der Waals surface area contributed by atoms with Crippen LogP contribution in [0.15, 0.2) is 97.1 Å². The Morgan fingerprint density at radius 3 is 0.960 bits per heavy atom. The number of hydrogen-bond donors (Lipinski definition) is 8. The number of benzene rings is 4. The fourth-order valence-corrected chi connectivity index (χ4v) is 23.4. The van der Waals surface area contributed by atoms with Crippen LogP contribution in [0.5, 0.6) is 0 Å². The monoisotopic (exact) mass is 1370 g/mol. The van der Waals surface area contributed by atoms with Gasteiger partial charge in [0.15, 0.2) is 23.1 Å². The van der Waals surface area contributed by atoms with Crippen molar-refractivity contribution in [3.63, 3.8) is 0 Å². The lowest BCUT2D eigenvalue weighted by Gasteiger charge is -2.63. The summed E-state index contributed by atoms with van der Waals surface area (Å²) in [7, 11) is 0. The third-order valence-electron chi connectivity index (χ3n) is 28.7. The van der Waals surface area contributed by atoms with E-state index in [1.165, 1.54) is 22.3 Å². The molecular formula is C86H116O14. The van der Waals surface area contributed by atoms with Crippen molar-refractivity contribution >= 4 is 35.1 Å². The number of carbonyl (C=O) groups is 6. The Morgan fingerprint density at radius 2 is 0.680 bits per heavy atom. The third kappa shape index (κ3) is 15.3. The molecule has 100 heavy (non-hydrogen) atoms. The molecule has 4 aromatic carbocycles. The van der Waals surface area contributed by atoms with E-state index in [-0.39, 0.29) is 118 Å². The number of aryl methyl sites for hydroxylation is 4. The predicted octanol–water partition coefficient (Wildman–Crippen LogP) is 14.9. The second-order valence-corrected chi connectivity index (χ2v) is 33.9. The topological polar surface area (TPSA) is 264 Å². The van der Waals surface area contributed by atoms with Gasteiger partial charge in [-0.25, -0.2) is 0 Å². The molecule has 544 valence electrons. The van der Waals surface area contributed by atoms with E-state index in [0.717, 1.165) is 176 Å². The number of aliphatic hydroxyl groups excluding tert-OH is 6. The second kappa shape index (κ2) is 31.7. The molecule has 0 bridgehead atoms. The number of Topliss-reactive ketones (excluding diaryl/α,β-unsaturated/α-hetero) is 4. The van der Waals surface area contributed by atoms with Crippen LogP contribution in [0.4, 0.5) is 0 Å². The molecule has 0 radical (unpaired) electrons. The van der Waals surface area contributed by atoms with E-state index in [9.17, 15) is 69.6 Å². The van der Waals surface area contributed by atoms with E-state index in [1.807, 2.05) is 111 Å². The highest BCUT2D eigenvalue weighted by Crippen LogP contribution is 2.70. The maximum Gasteiger partial charge on any atom is 0.303 e. The Balaban J connectivity index is 0.000000128. The highest BCUT2D eigenvalue weighted by Gasteiger charge is 2.68. The van der Waals surface area contributed by atoms with Gasteiger partial charge in [0.1, 0.15) is 0 Å². The van der Waals surface area contributed by atoms with Crippen LogP contribution in [0.25, 0.3) is 0 Å². The smallest absolute Gasteiger partial charge is 0.303 e. The van der Waals surface area contributed by atoms with Gasteiger partial charge in [0, 0.05) is 60.8 Å². The van der Waals surface area contributed by atoms with Crippen molar-refractivity contribution in [2.24, 2.45) is 92.7 Å². The van der Waals surface area contributed by atoms with Crippen molar-refractivity contribution in [3.05, 3.63) is 142 Å². The molecule has 14 nitrogen and oxygen atoms in total. The lowest BCUT2D eigenvalue weighted by molar-refractivity contribution is -0.207. The number of carbonyl (C=O) groups excluding carboxylic acids is 4. The van der Waals surface area contributed by atoms with Crippen LogP contribution in [-0.4, -0.2) is 113 Å². The van der Waals surface area contributed by atoms with Gasteiger partial charge in [-0.3, -0.25) is 28.8 Å². The number of carboxylic acid groups (broad SMARTS) is 2. The summed E-state index contributed by atoms with van der Waals surface area (Å²) in [5.74, 6) is 2.27. The molecule has 14 heteroatoms. The second-order valence-electron chi connectivity index (χ2n) is 33.9. The van der Waals surface area contributed by atoms with Crippen LogP contribution in [0, 0.1) is 92.7 Å². The van der Waals surface area contributed by atoms with Crippen LogP contribution in [0.1, 0.15) is 259 Å². The molecule has 0 amide bonds. The van der Waals surface area contributed by atoms with Crippen LogP contribution < -0.4 is 0 Å². The summed E-state index contributed by atoms with van der Waals surface area (Å²) in [5, 5.41) is 84.1. The minimum Gasteiger partial charge on any atom is -0.481 e. The standard InChI is InChI=1S/2C23H38O5.4C10H10O/c2*1-12(8-20(27)28)15-4-5-16-21-17(11-19(26)23(15,16)3)22(2)7-6-14(24)9-13(22)10-18(21)25;4*11-10-7-3-5-8-4-1-2-6-9(8)10/h2*12-19,21,24-26H,4-11H2,1-3H3,(H,27,28);4*1-2,4,6H,3,5,7H2/t2*12-,13+,14-,15-,16+,17+,18-,19+,21+,22+,23-;;;;/m11..../s1. The first kappa shape index (κ1) is 75.4. The van der Waals surface area contributed by atoms with Crippen LogP contribution >= 0.6 is 0 Å². The van der Waals surface area contributed by atoms with Crippen LogP contribution in [-0.2, 0) is 35.3 Å². The minimum absolute atomic E-state index is 0.0348. The first-order chi connectivity index (χ1) is 47.7. The maximum atomic E-state index is 11.4. The Bertz CT molecular complexity index is 3210. The minimum atomic E-state index is -0.767. The van der Waals surface area contributed by atoms with Crippen molar-refractivity contribution in [2.45, 2.75) is 258 Å². The molecular weight excluding hydrogens is 1260 g/mol. The van der Waals surface area contributed by atoms with Gasteiger partial charge in [-0.2, -0.15) is 0 Å². The molecule has 4 aromatic rings. The van der Waals surface area contributed by atoms with E-state index in [4.69, 9.17) is 0 Å². The van der Waals surface area contributed by atoms with E-state index in [2.05, 4.69) is 27.7 Å². The average molecular weight is 1370 g/mol. The summed E-state index contributed by atoms with van der Waals surface area (Å²) in [6, 6.07) is 31.6. The van der Waals surface area contributed by atoms with Crippen LogP contribution in [0.3, 0.4) is 0 Å². The molecule has 0 spiro atoms. The molecule has 12 aliphatic rings. The molecule has 0 aliphatic heterocycles. The molecule has 8 saturated carbocycles. The molecule has 8 fully saturated rings. The van der Waals surface area contributed by atoms with Gasteiger partial charge in [-0.05, 0) is 256 Å². The number of fused-ring (bicyclic) bond motifs is 14. The normalized spacial score (nSPS) is 37.6. The molecule has 0 heterocycles. The summed E-state index contributed by atoms with van der Waals surface area (Å²) < 4.78 is 0. The highest BCUT2D eigenvalue weighted by atomic mass is 16.4. The van der Waals surface area contributed by atoms with Gasteiger partial charge in [0.25, 0.3) is 0 Å². The molecule has 0 aromatic heterocycles. The number of aliphatic carboxylic acids is 2. The summed E-state index contributed by atoms with van der Waals surface area (Å²) in [4.78, 5) is 67.7. The van der Waals surface area contributed by atoms with Gasteiger partial charge in [0.05, 0.1) is 36.6 Å². The number of hydrogen-bond acceptors (Lipinski definition) is 12. The third-order valence-corrected chi connectivity index (χ3v) is 28.7. The van der Waals surface area contributed by atoms with E-state index in [0.29, 0.717) is 47.8 Å². The molecule has 0 saturated heterocycles. The van der Waals surface area contributed by atoms with E-state index in [1.54, 1.807) is 0 Å². The number of aliphatic hydroxyl groups is 6. The SMILES string of the molecule is C[C@H](CC(=O)O)[C@H]1CC[C@H]2[C@@H]3[C@H](O)C[C@@H]4C[C@H](O)CC[C@]4(C)[C@H]3C[C@H](O)[C@]12C.C[C@H](CC(=O)O)[C@H]1CC[C@H]2[C@@H]3[C@H](O)C[C@@H]4C[C@H](O)CC[C@]4(C)[C@H]3C[C@H](O)[C@]12C.O=C1CCCc2ccccc21.O=C1CCCc2ccccc21.O=C1CCCc2ccccc21.O=C1CCCc2ccccc21. The van der Waals surface area contributed by atoms with Gasteiger partial charge < -0.3 is 40.9 Å². The predicted molar refractivity (Wildman–Crippen MR) is 386 cm³/mol. The largest absolute Gasteiger partial charge is 0.481 e. The van der Waals surface area contributed by atoms with Crippen molar-refractivity contribution < 1.29 is 69.6 Å². The molecule has 16 rings (SSSR count). The fraction of sp³-hybridized carbons (Fsp3) is 0.651. The Morgan fingerprint density at radius 1 is 0.390 bits per heavy atom. The zero-order chi connectivity index (χ0) is 71.6. The fourth-order valence-electron chi connectivity index (χ4n) is 23.4. The Labute approximate surface area is 594 Å². The Kier molecular flexibility index (Phi) is 23.9. The molecule has 22 atom stereocenters. The van der Waals surface area contributed by atoms with Crippen LogP contribution in [0.2, 0.25) is 0 Å². The number of ketones is 4. The summed E-state index contributed by atoms with van der Waals surface area (Å²) in [5.41, 5.74) is 8.21. The van der Waals surface area contributed by atoms with Gasteiger partial charge in [-0.15, -0.1) is 0 Å². The summed E-state index contributed by atoms with van der Waals surface area (Å²) in [6.07, 6.45) is 21.3. The summed E-state index contributed by atoms with van der Waals surface area (Å²) in [6.45, 7) is 13.0. The quantitative estimate of drug-likeness (QED) is 0.0893. The molecule has 0 unspecified atom stereocenters. The van der Waals surface area contributed by atoms with Crippen molar-refractivity contribution in [2.75, 3.05) is 0 Å². The average Bonchev–Trinajstić information content (AvgIpc) is 1.28. The zero-order valence-electron chi connectivity index (χ0n) is 60.5. The van der Waals surface area contributed by atoms with Crippen molar-refractivity contribution in [1.82, 2.24) is 0 Å². The van der Waals surface area contributed by atoms with Gasteiger partial charge in [0.2, 0.25) is 0 Å². The lowest BCUT2D eigenvalue weighted by atomic mass is 9.43. The van der Waals surface area contributed by atoms with Crippen molar-refractivity contribution in [1.29, 1.82) is 0 Å². The van der Waals surface area contributed by atoms with E-state index < -0.39 is 24.1 Å². The highest BCUT2D eigenvalue weighted by molar-refractivity contribution is 6.00. The summed E-state index contributed by atoms with van der Waals surface area (Å²) >= 11 is 0. The molecule has 12 aliphatic carbocycles. The number of rotatable bonds is 6. The molecule has 8 N–H and O–H groups in total. The first-order valence-electron chi connectivity index (χ1n) is 38.6. The van der Waals surface area contributed by atoms with E-state index >= 15 is 0 Å². The maximum absolute atomic E-state index is 11.4. The first-order valence-corrected chi connectivity index (χ1v) is 38.6. The lowest BCUT2D eigenvalue weighted by Crippen LogP contribution is -2.62. The number of carboxylic acids is 2.